The van der Waals surface area contributed by atoms with E-state index in [2.05, 4.69) is 37.0 Å². The maximum atomic E-state index is 5.82. The molecule has 0 heterocycles. The molecule has 0 saturated carbocycles. The van der Waals surface area contributed by atoms with Crippen LogP contribution in [0.15, 0.2) is 30.9 Å². The van der Waals surface area contributed by atoms with Crippen molar-refractivity contribution in [2.45, 2.75) is 32.2 Å². The number of hydrogen-bond donors (Lipinski definition) is 1. The SMILES string of the molecule is C=CCCOc1cccc2c1CCC2NCC. The second-order valence-electron chi connectivity index (χ2n) is 4.40. The van der Waals surface area contributed by atoms with E-state index in [0.717, 1.165) is 31.7 Å². The molecule has 1 aliphatic carbocycles. The molecule has 2 nitrogen and oxygen atoms in total. The lowest BCUT2D eigenvalue weighted by Crippen LogP contribution is -2.18. The highest BCUT2D eigenvalue weighted by Gasteiger charge is 2.24. The van der Waals surface area contributed by atoms with Gasteiger partial charge in [0.2, 0.25) is 0 Å². The van der Waals surface area contributed by atoms with Crippen LogP contribution in [-0.2, 0) is 6.42 Å². The summed E-state index contributed by atoms with van der Waals surface area (Å²) >= 11 is 0. The van der Waals surface area contributed by atoms with E-state index >= 15 is 0 Å². The van der Waals surface area contributed by atoms with Gasteiger partial charge in [0.05, 0.1) is 6.61 Å². The Labute approximate surface area is 104 Å². The minimum absolute atomic E-state index is 0.512. The van der Waals surface area contributed by atoms with Crippen LogP contribution in [0.1, 0.15) is 36.9 Å². The highest BCUT2D eigenvalue weighted by Crippen LogP contribution is 2.36. The van der Waals surface area contributed by atoms with E-state index in [1.165, 1.54) is 17.5 Å². The Balaban J connectivity index is 2.12. The first-order valence-corrected chi connectivity index (χ1v) is 6.45. The van der Waals surface area contributed by atoms with Crippen molar-refractivity contribution in [3.8, 4) is 5.75 Å². The number of nitrogens with one attached hydrogen (secondary N) is 1. The molecule has 1 atom stereocenters. The third kappa shape index (κ3) is 2.70. The third-order valence-corrected chi connectivity index (χ3v) is 3.26. The van der Waals surface area contributed by atoms with Crippen molar-refractivity contribution in [3.05, 3.63) is 42.0 Å². The van der Waals surface area contributed by atoms with Crippen LogP contribution in [0, 0.1) is 0 Å². The van der Waals surface area contributed by atoms with Gasteiger partial charge in [0.15, 0.2) is 0 Å². The molecule has 92 valence electrons. The van der Waals surface area contributed by atoms with Gasteiger partial charge in [0.1, 0.15) is 5.75 Å². The van der Waals surface area contributed by atoms with Crippen molar-refractivity contribution in [2.75, 3.05) is 13.2 Å². The number of fused-ring (bicyclic) bond motifs is 1. The summed E-state index contributed by atoms with van der Waals surface area (Å²) in [5.41, 5.74) is 2.81. The van der Waals surface area contributed by atoms with Gasteiger partial charge in [0, 0.05) is 6.04 Å². The average Bonchev–Trinajstić information content (AvgIpc) is 2.75. The molecule has 1 aliphatic rings. The van der Waals surface area contributed by atoms with E-state index in [1.54, 1.807) is 0 Å². The highest BCUT2D eigenvalue weighted by molar-refractivity contribution is 5.45. The first kappa shape index (κ1) is 12.2. The summed E-state index contributed by atoms with van der Waals surface area (Å²) < 4.78 is 5.82. The van der Waals surface area contributed by atoms with E-state index in [0.29, 0.717) is 6.04 Å². The first-order chi connectivity index (χ1) is 8.36. The van der Waals surface area contributed by atoms with Crippen LogP contribution in [0.5, 0.6) is 5.75 Å². The number of ether oxygens (including phenoxy) is 1. The molecule has 0 aliphatic heterocycles. The van der Waals surface area contributed by atoms with E-state index in [9.17, 15) is 0 Å². The Hall–Kier alpha value is -1.28. The van der Waals surface area contributed by atoms with Crippen LogP contribution in [-0.4, -0.2) is 13.2 Å². The third-order valence-electron chi connectivity index (χ3n) is 3.26. The largest absolute Gasteiger partial charge is 0.493 e. The molecule has 0 amide bonds. The zero-order valence-electron chi connectivity index (χ0n) is 10.5. The van der Waals surface area contributed by atoms with Crippen molar-refractivity contribution in [3.63, 3.8) is 0 Å². The molecule has 1 aromatic rings. The van der Waals surface area contributed by atoms with Gasteiger partial charge >= 0.3 is 0 Å². The summed E-state index contributed by atoms with van der Waals surface area (Å²) in [7, 11) is 0. The van der Waals surface area contributed by atoms with E-state index in [4.69, 9.17) is 4.74 Å². The van der Waals surface area contributed by atoms with Crippen LogP contribution in [0.2, 0.25) is 0 Å². The molecular formula is C15H21NO. The summed E-state index contributed by atoms with van der Waals surface area (Å²) in [6, 6.07) is 6.90. The van der Waals surface area contributed by atoms with Crippen molar-refractivity contribution in [1.82, 2.24) is 5.32 Å². The topological polar surface area (TPSA) is 21.3 Å². The van der Waals surface area contributed by atoms with Gasteiger partial charge in [-0.05, 0) is 43.0 Å². The van der Waals surface area contributed by atoms with Gasteiger partial charge in [-0.15, -0.1) is 6.58 Å². The van der Waals surface area contributed by atoms with Crippen LogP contribution in [0.4, 0.5) is 0 Å². The van der Waals surface area contributed by atoms with Crippen molar-refractivity contribution in [2.24, 2.45) is 0 Å². The van der Waals surface area contributed by atoms with E-state index in [1.807, 2.05) is 6.08 Å². The van der Waals surface area contributed by atoms with Gasteiger partial charge < -0.3 is 10.1 Å². The predicted octanol–water partition coefficient (Wildman–Crippen LogP) is 3.24. The normalized spacial score (nSPS) is 17.8. The van der Waals surface area contributed by atoms with Gasteiger partial charge in [-0.1, -0.05) is 25.1 Å². The molecule has 0 spiro atoms. The van der Waals surface area contributed by atoms with Gasteiger partial charge in [0.25, 0.3) is 0 Å². The van der Waals surface area contributed by atoms with Crippen LogP contribution in [0.3, 0.4) is 0 Å². The van der Waals surface area contributed by atoms with Crippen molar-refractivity contribution in [1.29, 1.82) is 0 Å². The number of hydrogen-bond acceptors (Lipinski definition) is 2. The molecule has 0 aromatic heterocycles. The minimum atomic E-state index is 0.512. The molecule has 0 saturated heterocycles. The minimum Gasteiger partial charge on any atom is -0.493 e. The Morgan fingerprint density at radius 1 is 1.53 bits per heavy atom. The first-order valence-electron chi connectivity index (χ1n) is 6.45. The molecule has 1 aromatic carbocycles. The van der Waals surface area contributed by atoms with E-state index in [-0.39, 0.29) is 0 Å². The Morgan fingerprint density at radius 2 is 2.41 bits per heavy atom. The van der Waals surface area contributed by atoms with Crippen LogP contribution in [0.25, 0.3) is 0 Å². The lowest BCUT2D eigenvalue weighted by Gasteiger charge is -2.14. The second-order valence-corrected chi connectivity index (χ2v) is 4.40. The molecule has 0 radical (unpaired) electrons. The van der Waals surface area contributed by atoms with Crippen molar-refractivity contribution < 1.29 is 4.74 Å². The fourth-order valence-corrected chi connectivity index (χ4v) is 2.47. The standard InChI is InChI=1S/C15H21NO/c1-3-5-11-17-15-8-6-7-12-13(15)9-10-14(12)16-4-2/h3,6-8,14,16H,1,4-5,9-11H2,2H3. The predicted molar refractivity (Wildman–Crippen MR) is 71.5 cm³/mol. The Bertz CT molecular complexity index is 387. The zero-order valence-corrected chi connectivity index (χ0v) is 10.5. The molecule has 0 bridgehead atoms. The van der Waals surface area contributed by atoms with Gasteiger partial charge in [-0.3, -0.25) is 0 Å². The molecule has 1 N–H and O–H groups in total. The zero-order chi connectivity index (χ0) is 12.1. The maximum Gasteiger partial charge on any atom is 0.122 e. The summed E-state index contributed by atoms with van der Waals surface area (Å²) in [4.78, 5) is 0. The summed E-state index contributed by atoms with van der Waals surface area (Å²) in [5, 5.41) is 3.52. The number of benzene rings is 1. The summed E-state index contributed by atoms with van der Waals surface area (Å²) in [5.74, 6) is 1.06. The van der Waals surface area contributed by atoms with Crippen LogP contribution < -0.4 is 10.1 Å². The van der Waals surface area contributed by atoms with Gasteiger partial charge in [-0.2, -0.15) is 0 Å². The Morgan fingerprint density at radius 3 is 3.18 bits per heavy atom. The molecule has 0 fully saturated rings. The monoisotopic (exact) mass is 231 g/mol. The van der Waals surface area contributed by atoms with E-state index < -0.39 is 0 Å². The molecular weight excluding hydrogens is 210 g/mol. The molecule has 1 unspecified atom stereocenters. The van der Waals surface area contributed by atoms with Crippen LogP contribution >= 0.6 is 0 Å². The van der Waals surface area contributed by atoms with Crippen molar-refractivity contribution >= 4 is 0 Å². The lowest BCUT2D eigenvalue weighted by atomic mass is 10.1. The second kappa shape index (κ2) is 5.87. The fraction of sp³-hybridized carbons (Fsp3) is 0.467. The smallest absolute Gasteiger partial charge is 0.122 e. The maximum absolute atomic E-state index is 5.82. The molecule has 2 heteroatoms. The summed E-state index contributed by atoms with van der Waals surface area (Å²) in [6.45, 7) is 7.61. The molecule has 17 heavy (non-hydrogen) atoms. The number of rotatable bonds is 6. The summed E-state index contributed by atoms with van der Waals surface area (Å²) in [6.07, 6.45) is 5.10. The van der Waals surface area contributed by atoms with Gasteiger partial charge in [-0.25, -0.2) is 0 Å². The highest BCUT2D eigenvalue weighted by atomic mass is 16.5. The quantitative estimate of drug-likeness (QED) is 0.599. The fourth-order valence-electron chi connectivity index (χ4n) is 2.47. The lowest BCUT2D eigenvalue weighted by molar-refractivity contribution is 0.322. The Kier molecular flexibility index (Phi) is 4.21. The average molecular weight is 231 g/mol. The molecule has 2 rings (SSSR count).